The fourth-order valence-electron chi connectivity index (χ4n) is 3.56. The molecule has 0 bridgehead atoms. The normalized spacial score (nSPS) is 18.4. The van der Waals surface area contributed by atoms with E-state index in [0.29, 0.717) is 37.8 Å². The van der Waals surface area contributed by atoms with E-state index < -0.39 is 6.04 Å². The zero-order chi connectivity index (χ0) is 19.0. The van der Waals surface area contributed by atoms with Crippen molar-refractivity contribution in [1.29, 1.82) is 0 Å². The van der Waals surface area contributed by atoms with Gasteiger partial charge in [0.25, 0.3) is 5.56 Å². The van der Waals surface area contributed by atoms with Crippen LogP contribution in [0.4, 0.5) is 10.1 Å². The molecule has 1 aliphatic heterocycles. The van der Waals surface area contributed by atoms with E-state index in [9.17, 15) is 14.0 Å². The van der Waals surface area contributed by atoms with Crippen LogP contribution >= 0.6 is 0 Å². The molecule has 1 amide bonds. The Balaban J connectivity index is 1.44. The summed E-state index contributed by atoms with van der Waals surface area (Å²) in [5, 5.41) is 4.42. The molecule has 2 aromatic rings. The van der Waals surface area contributed by atoms with Crippen LogP contribution in [0.3, 0.4) is 0 Å². The maximum atomic E-state index is 14.0. The Bertz CT molecular complexity index is 901. The van der Waals surface area contributed by atoms with E-state index in [1.807, 2.05) is 11.0 Å². The standard InChI is InChI=1S/C20H23FN4O2/c1-14(25-19(26)9-8-17(22-25)15-6-7-15)20(27)24-12-10-23(11-13-24)18-5-3-2-4-16(18)21/h2-5,8-9,14-15H,6-7,10-13H2,1H3. The van der Waals surface area contributed by atoms with Gasteiger partial charge in [-0.3, -0.25) is 9.59 Å². The lowest BCUT2D eigenvalue weighted by atomic mass is 10.2. The Kier molecular flexibility index (Phi) is 4.68. The minimum Gasteiger partial charge on any atom is -0.366 e. The molecule has 0 radical (unpaired) electrons. The van der Waals surface area contributed by atoms with Crippen molar-refractivity contribution in [3.8, 4) is 0 Å². The molecule has 0 spiro atoms. The van der Waals surface area contributed by atoms with Crippen LogP contribution in [0, 0.1) is 5.82 Å². The Morgan fingerprint density at radius 2 is 1.81 bits per heavy atom. The molecule has 1 aliphatic carbocycles. The van der Waals surface area contributed by atoms with Crippen LogP contribution in [0.5, 0.6) is 0 Å². The van der Waals surface area contributed by atoms with E-state index in [1.165, 1.54) is 16.8 Å². The molecule has 1 unspecified atom stereocenters. The summed E-state index contributed by atoms with van der Waals surface area (Å²) in [4.78, 5) is 28.8. The highest BCUT2D eigenvalue weighted by molar-refractivity contribution is 5.80. The molecule has 1 atom stereocenters. The average Bonchev–Trinajstić information content (AvgIpc) is 3.53. The summed E-state index contributed by atoms with van der Waals surface area (Å²) in [7, 11) is 0. The highest BCUT2D eigenvalue weighted by Gasteiger charge is 2.30. The number of halogens is 1. The summed E-state index contributed by atoms with van der Waals surface area (Å²) in [6, 6.07) is 9.30. The summed E-state index contributed by atoms with van der Waals surface area (Å²) in [5.74, 6) is 0.0486. The van der Waals surface area contributed by atoms with Crippen molar-refractivity contribution in [2.75, 3.05) is 31.1 Å². The molecule has 7 heteroatoms. The summed E-state index contributed by atoms with van der Waals surface area (Å²) in [5.41, 5.74) is 1.19. The van der Waals surface area contributed by atoms with E-state index in [4.69, 9.17) is 0 Å². The summed E-state index contributed by atoms with van der Waals surface area (Å²) in [6.45, 7) is 3.83. The first-order valence-corrected chi connectivity index (χ1v) is 9.42. The molecule has 2 heterocycles. The molecule has 27 heavy (non-hydrogen) atoms. The SMILES string of the molecule is CC(C(=O)N1CCN(c2ccccc2F)CC1)n1nc(C2CC2)ccc1=O. The van der Waals surface area contributed by atoms with Crippen LogP contribution in [0.2, 0.25) is 0 Å². The van der Waals surface area contributed by atoms with Gasteiger partial charge in [0.1, 0.15) is 11.9 Å². The predicted molar refractivity (Wildman–Crippen MR) is 100 cm³/mol. The van der Waals surface area contributed by atoms with Crippen molar-refractivity contribution in [2.45, 2.75) is 31.7 Å². The second-order valence-electron chi connectivity index (χ2n) is 7.25. The van der Waals surface area contributed by atoms with Crippen LogP contribution < -0.4 is 10.5 Å². The van der Waals surface area contributed by atoms with Gasteiger partial charge in [0.15, 0.2) is 0 Å². The van der Waals surface area contributed by atoms with E-state index in [-0.39, 0.29) is 17.3 Å². The van der Waals surface area contributed by atoms with E-state index in [0.717, 1.165) is 18.5 Å². The fourth-order valence-corrected chi connectivity index (χ4v) is 3.56. The lowest BCUT2D eigenvalue weighted by Crippen LogP contribution is -2.51. The van der Waals surface area contributed by atoms with Gasteiger partial charge in [0, 0.05) is 38.2 Å². The second kappa shape index (κ2) is 7.13. The van der Waals surface area contributed by atoms with Crippen molar-refractivity contribution in [3.05, 3.63) is 58.3 Å². The van der Waals surface area contributed by atoms with Gasteiger partial charge in [-0.15, -0.1) is 0 Å². The number of hydrogen-bond acceptors (Lipinski definition) is 4. The van der Waals surface area contributed by atoms with Gasteiger partial charge >= 0.3 is 0 Å². The lowest BCUT2D eigenvalue weighted by molar-refractivity contribution is -0.135. The first-order chi connectivity index (χ1) is 13.0. The summed E-state index contributed by atoms with van der Waals surface area (Å²) >= 11 is 0. The molecule has 0 N–H and O–H groups in total. The number of benzene rings is 1. The zero-order valence-electron chi connectivity index (χ0n) is 15.3. The Morgan fingerprint density at radius 1 is 1.11 bits per heavy atom. The number of carbonyl (C=O) groups excluding carboxylic acids is 1. The van der Waals surface area contributed by atoms with Gasteiger partial charge in [-0.1, -0.05) is 12.1 Å². The number of rotatable bonds is 4. The number of para-hydroxylation sites is 1. The third-order valence-corrected chi connectivity index (χ3v) is 5.35. The van der Waals surface area contributed by atoms with E-state index in [2.05, 4.69) is 5.10 Å². The fraction of sp³-hybridized carbons (Fsp3) is 0.450. The molecule has 142 valence electrons. The number of carbonyl (C=O) groups is 1. The molecular formula is C20H23FN4O2. The maximum absolute atomic E-state index is 14.0. The van der Waals surface area contributed by atoms with Gasteiger partial charge in [0.05, 0.1) is 11.4 Å². The van der Waals surface area contributed by atoms with Gasteiger partial charge in [-0.05, 0) is 38.0 Å². The number of aromatic nitrogens is 2. The third-order valence-electron chi connectivity index (χ3n) is 5.35. The van der Waals surface area contributed by atoms with Gasteiger partial charge in [-0.2, -0.15) is 5.10 Å². The molecule has 4 rings (SSSR count). The van der Waals surface area contributed by atoms with Crippen molar-refractivity contribution in [2.24, 2.45) is 0 Å². The first kappa shape index (κ1) is 17.7. The van der Waals surface area contributed by atoms with Crippen molar-refractivity contribution >= 4 is 11.6 Å². The highest BCUT2D eigenvalue weighted by atomic mass is 19.1. The van der Waals surface area contributed by atoms with Crippen LogP contribution in [0.25, 0.3) is 0 Å². The predicted octanol–water partition coefficient (Wildman–Crippen LogP) is 2.17. The molecule has 1 saturated carbocycles. The van der Waals surface area contributed by atoms with Crippen molar-refractivity contribution < 1.29 is 9.18 Å². The van der Waals surface area contributed by atoms with Gasteiger partial charge in [0.2, 0.25) is 5.91 Å². The van der Waals surface area contributed by atoms with Crippen LogP contribution in [0.1, 0.15) is 37.4 Å². The second-order valence-corrected chi connectivity index (χ2v) is 7.25. The molecule has 1 saturated heterocycles. The van der Waals surface area contributed by atoms with Gasteiger partial charge < -0.3 is 9.80 Å². The number of piperazine rings is 1. The quantitative estimate of drug-likeness (QED) is 0.828. The Morgan fingerprint density at radius 3 is 2.48 bits per heavy atom. The van der Waals surface area contributed by atoms with Crippen molar-refractivity contribution in [3.63, 3.8) is 0 Å². The monoisotopic (exact) mass is 370 g/mol. The minimum absolute atomic E-state index is 0.120. The smallest absolute Gasteiger partial charge is 0.267 e. The van der Waals surface area contributed by atoms with E-state index in [1.54, 1.807) is 30.0 Å². The van der Waals surface area contributed by atoms with Crippen molar-refractivity contribution in [1.82, 2.24) is 14.7 Å². The van der Waals surface area contributed by atoms with Gasteiger partial charge in [-0.25, -0.2) is 9.07 Å². The number of nitrogens with zero attached hydrogens (tertiary/aromatic N) is 4. The van der Waals surface area contributed by atoms with E-state index >= 15 is 0 Å². The molecule has 2 fully saturated rings. The lowest BCUT2D eigenvalue weighted by Gasteiger charge is -2.37. The van der Waals surface area contributed by atoms with Crippen LogP contribution in [-0.2, 0) is 4.79 Å². The minimum atomic E-state index is -0.642. The average molecular weight is 370 g/mol. The zero-order valence-corrected chi connectivity index (χ0v) is 15.3. The highest BCUT2D eigenvalue weighted by Crippen LogP contribution is 2.38. The van der Waals surface area contributed by atoms with Crippen LogP contribution in [-0.4, -0.2) is 46.8 Å². The summed E-state index contributed by atoms with van der Waals surface area (Å²) < 4.78 is 15.3. The number of amides is 1. The van der Waals surface area contributed by atoms with Crippen LogP contribution in [0.15, 0.2) is 41.2 Å². The first-order valence-electron chi connectivity index (χ1n) is 9.42. The number of anilines is 1. The largest absolute Gasteiger partial charge is 0.366 e. The molecule has 6 nitrogen and oxygen atoms in total. The molecule has 1 aromatic carbocycles. The summed E-state index contributed by atoms with van der Waals surface area (Å²) in [6.07, 6.45) is 2.18. The maximum Gasteiger partial charge on any atom is 0.267 e. The Hall–Kier alpha value is -2.70. The molecule has 2 aliphatic rings. The third kappa shape index (κ3) is 3.59. The molecular weight excluding hydrogens is 347 g/mol. The topological polar surface area (TPSA) is 58.4 Å². The number of hydrogen-bond donors (Lipinski definition) is 0. The Labute approximate surface area is 157 Å². The molecule has 1 aromatic heterocycles.